The van der Waals surface area contributed by atoms with Gasteiger partial charge < -0.3 is 33.3 Å². The van der Waals surface area contributed by atoms with Crippen LogP contribution in [0.5, 0.6) is 0 Å². The molecule has 2 atom stereocenters. The summed E-state index contributed by atoms with van der Waals surface area (Å²) in [4.78, 5) is 27.8. The summed E-state index contributed by atoms with van der Waals surface area (Å²) in [5.41, 5.74) is 2.71. The van der Waals surface area contributed by atoms with Crippen molar-refractivity contribution in [3.05, 3.63) is 48.3 Å². The van der Waals surface area contributed by atoms with E-state index < -0.39 is 18.6 Å². The molecule has 15 heteroatoms. The summed E-state index contributed by atoms with van der Waals surface area (Å²) in [6.45, 7) is 14.4. The van der Waals surface area contributed by atoms with Gasteiger partial charge >= 0.3 is 8.60 Å². The van der Waals surface area contributed by atoms with Crippen molar-refractivity contribution in [1.82, 2.24) is 14.9 Å². The summed E-state index contributed by atoms with van der Waals surface area (Å²) >= 11 is 0. The van der Waals surface area contributed by atoms with E-state index in [2.05, 4.69) is 39.4 Å². The molecule has 2 aromatic heterocycles. The van der Waals surface area contributed by atoms with Crippen molar-refractivity contribution in [3.8, 4) is 0 Å². The lowest BCUT2D eigenvalue weighted by Crippen LogP contribution is -2.38. The van der Waals surface area contributed by atoms with Crippen molar-refractivity contribution in [2.75, 3.05) is 73.8 Å². The van der Waals surface area contributed by atoms with Crippen LogP contribution >= 0.6 is 18.5 Å². The Labute approximate surface area is 272 Å². The third-order valence-corrected chi connectivity index (χ3v) is 8.62. The molecule has 1 saturated heterocycles. The standard InChI is InChI=1S/C28H41N6O6PS.C2H6.H3P/c1-6-39-41(38-4)40-18-17-34(21(2)3)26-9-7-12-29-27(26)32-13-8-14-33(16-15-32)28(35)25-20-22-19-23(31-42(5,36)37)10-11-24(22)30-25;1-2;/h7,9-12,19-21,30-31H,6,8,13-18H2,1-5H3;1-2H3;1H3. The van der Waals surface area contributed by atoms with Crippen molar-refractivity contribution < 1.29 is 26.8 Å². The SMILES string of the molecule is CC.CCOP(OC)OCCN(c1cccnc1N1CCCN(C(=O)c2cc3cc(NS(C)(=O)=O)ccc3[nH]2)CC1)C(C)C.P. The van der Waals surface area contributed by atoms with E-state index in [9.17, 15) is 13.2 Å². The lowest BCUT2D eigenvalue weighted by Gasteiger charge is -2.33. The Balaban J connectivity index is 0.00000230. The van der Waals surface area contributed by atoms with E-state index in [1.54, 1.807) is 37.6 Å². The molecule has 3 heterocycles. The zero-order valence-corrected chi connectivity index (χ0v) is 30.7. The molecule has 1 fully saturated rings. The lowest BCUT2D eigenvalue weighted by atomic mass is 10.2. The second kappa shape index (κ2) is 18.6. The summed E-state index contributed by atoms with van der Waals surface area (Å²) < 4.78 is 42.3. The van der Waals surface area contributed by atoms with Crippen molar-refractivity contribution in [1.29, 1.82) is 0 Å². The number of hydrogen-bond acceptors (Lipinski definition) is 9. The van der Waals surface area contributed by atoms with Crippen molar-refractivity contribution in [2.45, 2.75) is 47.1 Å². The number of benzene rings is 1. The van der Waals surface area contributed by atoms with Gasteiger partial charge in [-0.15, -0.1) is 0 Å². The zero-order valence-electron chi connectivity index (χ0n) is 27.6. The van der Waals surface area contributed by atoms with Crippen LogP contribution in [-0.2, 0) is 23.6 Å². The first-order valence-electron chi connectivity index (χ1n) is 15.1. The van der Waals surface area contributed by atoms with E-state index in [0.29, 0.717) is 50.8 Å². The summed E-state index contributed by atoms with van der Waals surface area (Å²) in [5.74, 6) is 0.799. The van der Waals surface area contributed by atoms with Crippen LogP contribution < -0.4 is 14.5 Å². The fraction of sp³-hybridized carbons (Fsp3) is 0.533. The topological polar surface area (TPSA) is 129 Å². The third kappa shape index (κ3) is 11.0. The van der Waals surface area contributed by atoms with Crippen molar-refractivity contribution in [2.24, 2.45) is 0 Å². The molecular weight excluding hydrogens is 634 g/mol. The minimum Gasteiger partial charge on any atom is -0.364 e. The molecule has 0 radical (unpaired) electrons. The van der Waals surface area contributed by atoms with Crippen LogP contribution in [-0.4, -0.2) is 94.5 Å². The van der Waals surface area contributed by atoms with Gasteiger partial charge in [0.2, 0.25) is 10.0 Å². The molecule has 0 spiro atoms. The first kappa shape index (κ1) is 38.7. The first-order chi connectivity index (χ1) is 21.1. The quantitative estimate of drug-likeness (QED) is 0.224. The number of carbonyl (C=O) groups is 1. The normalized spacial score (nSPS) is 14.3. The summed E-state index contributed by atoms with van der Waals surface area (Å²) in [5, 5.41) is 0.763. The van der Waals surface area contributed by atoms with Crippen molar-refractivity contribution in [3.63, 3.8) is 0 Å². The number of rotatable bonds is 13. The number of nitrogens with zero attached hydrogens (tertiary/aromatic N) is 4. The average molecular weight is 685 g/mol. The van der Waals surface area contributed by atoms with Gasteiger partial charge in [-0.05, 0) is 63.6 Å². The summed E-state index contributed by atoms with van der Waals surface area (Å²) in [6, 6.07) is 11.2. The number of pyridine rings is 1. The maximum absolute atomic E-state index is 13.5. The number of H-pyrrole nitrogens is 1. The molecular formula is C30H50N6O6P2S. The molecule has 4 rings (SSSR count). The Hall–Kier alpha value is -2.53. The molecule has 0 bridgehead atoms. The van der Waals surface area contributed by atoms with Gasteiger partial charge in [0.25, 0.3) is 5.91 Å². The highest BCUT2D eigenvalue weighted by atomic mass is 32.2. The van der Waals surface area contributed by atoms with Gasteiger partial charge in [0, 0.05) is 68.7 Å². The maximum Gasteiger partial charge on any atom is 0.332 e. The first-order valence-corrected chi connectivity index (χ1v) is 18.0. The lowest BCUT2D eigenvalue weighted by molar-refractivity contribution is 0.0762. The molecule has 252 valence electrons. The van der Waals surface area contributed by atoms with Gasteiger partial charge in [-0.1, -0.05) is 13.8 Å². The molecule has 1 aliphatic rings. The van der Waals surface area contributed by atoms with Crippen LogP contribution in [0, 0.1) is 0 Å². The van der Waals surface area contributed by atoms with Gasteiger partial charge in [-0.2, -0.15) is 9.90 Å². The van der Waals surface area contributed by atoms with E-state index >= 15 is 0 Å². The molecule has 12 nitrogen and oxygen atoms in total. The number of anilines is 3. The van der Waals surface area contributed by atoms with Gasteiger partial charge in [0.1, 0.15) is 5.69 Å². The third-order valence-electron chi connectivity index (χ3n) is 6.85. The number of sulfonamides is 1. The highest BCUT2D eigenvalue weighted by molar-refractivity contribution is 7.92. The van der Waals surface area contributed by atoms with Crippen LogP contribution in [0.4, 0.5) is 17.2 Å². The summed E-state index contributed by atoms with van der Waals surface area (Å²) in [7, 11) is -3.17. The minimum atomic E-state index is -3.39. The second-order valence-electron chi connectivity index (χ2n) is 10.3. The molecule has 2 unspecified atom stereocenters. The summed E-state index contributed by atoms with van der Waals surface area (Å²) in [6.07, 6.45) is 3.70. The molecule has 1 amide bonds. The zero-order chi connectivity index (χ0) is 32.3. The highest BCUT2D eigenvalue weighted by Crippen LogP contribution is 2.38. The number of fused-ring (bicyclic) bond motifs is 1. The monoisotopic (exact) mass is 684 g/mol. The smallest absolute Gasteiger partial charge is 0.332 e. The number of carbonyl (C=O) groups excluding carboxylic acids is 1. The Morgan fingerprint density at radius 3 is 2.56 bits per heavy atom. The Morgan fingerprint density at radius 2 is 1.89 bits per heavy atom. The van der Waals surface area contributed by atoms with Crippen LogP contribution in [0.1, 0.15) is 51.5 Å². The molecule has 0 saturated carbocycles. The number of aromatic nitrogens is 2. The molecule has 45 heavy (non-hydrogen) atoms. The number of amides is 1. The van der Waals surface area contributed by atoms with E-state index in [0.717, 1.165) is 41.6 Å². The number of nitrogens with one attached hydrogen (secondary N) is 2. The fourth-order valence-electron chi connectivity index (χ4n) is 5.00. The van der Waals surface area contributed by atoms with Crippen LogP contribution in [0.15, 0.2) is 42.6 Å². The van der Waals surface area contributed by atoms with Gasteiger partial charge in [-0.25, -0.2) is 13.4 Å². The highest BCUT2D eigenvalue weighted by Gasteiger charge is 2.25. The van der Waals surface area contributed by atoms with E-state index in [1.165, 1.54) is 0 Å². The van der Waals surface area contributed by atoms with Crippen molar-refractivity contribution >= 4 is 62.5 Å². The van der Waals surface area contributed by atoms with Gasteiger partial charge in [0.15, 0.2) is 5.82 Å². The average Bonchev–Trinajstić information content (AvgIpc) is 3.26. The molecule has 0 aliphatic carbocycles. The predicted molar refractivity (Wildman–Crippen MR) is 190 cm³/mol. The second-order valence-corrected chi connectivity index (χ2v) is 13.4. The van der Waals surface area contributed by atoms with Crippen LogP contribution in [0.2, 0.25) is 0 Å². The van der Waals surface area contributed by atoms with E-state index in [-0.39, 0.29) is 21.8 Å². The van der Waals surface area contributed by atoms with Gasteiger partial charge in [-0.3, -0.25) is 9.52 Å². The van der Waals surface area contributed by atoms with E-state index in [4.69, 9.17) is 18.6 Å². The number of hydrogen-bond donors (Lipinski definition) is 2. The Morgan fingerprint density at radius 1 is 1.13 bits per heavy atom. The molecule has 3 aromatic rings. The molecule has 1 aliphatic heterocycles. The Bertz CT molecular complexity index is 1460. The van der Waals surface area contributed by atoms with Gasteiger partial charge in [0.05, 0.1) is 25.2 Å². The predicted octanol–water partition coefficient (Wildman–Crippen LogP) is 5.51. The molecule has 1 aromatic carbocycles. The molecule has 2 N–H and O–H groups in total. The van der Waals surface area contributed by atoms with Crippen LogP contribution in [0.25, 0.3) is 10.9 Å². The fourth-order valence-corrected chi connectivity index (χ4v) is 6.29. The number of aromatic amines is 1. The minimum absolute atomic E-state index is 0. The van der Waals surface area contributed by atoms with E-state index in [1.807, 2.05) is 31.7 Å². The Kier molecular flexibility index (Phi) is 16.0. The van der Waals surface area contributed by atoms with Crippen LogP contribution in [0.3, 0.4) is 0 Å². The maximum atomic E-state index is 13.5. The largest absolute Gasteiger partial charge is 0.364 e.